The van der Waals surface area contributed by atoms with Crippen molar-refractivity contribution in [1.82, 2.24) is 16.0 Å². The molecule has 0 bridgehead atoms. The predicted octanol–water partition coefficient (Wildman–Crippen LogP) is 2.31. The molecule has 2 saturated heterocycles. The van der Waals surface area contributed by atoms with E-state index in [1.165, 1.54) is 0 Å². The molecule has 2 heterocycles. The van der Waals surface area contributed by atoms with Gasteiger partial charge in [0.1, 0.15) is 23.8 Å². The minimum Gasteiger partial charge on any atom is -0.368 e. The Bertz CT molecular complexity index is 970. The Labute approximate surface area is 225 Å². The van der Waals surface area contributed by atoms with Gasteiger partial charge in [-0.2, -0.15) is 0 Å². The number of amides is 3. The number of carbonyl (C=O) groups is 4. The molecule has 0 aromatic heterocycles. The van der Waals surface area contributed by atoms with Crippen LogP contribution in [-0.2, 0) is 35.1 Å². The minimum atomic E-state index is -0.936. The Kier molecular flexibility index (Phi) is 10.4. The van der Waals surface area contributed by atoms with E-state index in [1.54, 1.807) is 6.92 Å². The van der Waals surface area contributed by atoms with Crippen molar-refractivity contribution in [2.24, 2.45) is 11.8 Å². The molecule has 0 unspecified atom stereocenters. The number of rotatable bonds is 14. The van der Waals surface area contributed by atoms with E-state index in [9.17, 15) is 19.2 Å². The normalized spacial score (nSPS) is 23.0. The van der Waals surface area contributed by atoms with E-state index in [-0.39, 0.29) is 29.9 Å². The Morgan fingerprint density at radius 2 is 1.47 bits per heavy atom. The quantitative estimate of drug-likeness (QED) is 0.318. The summed E-state index contributed by atoms with van der Waals surface area (Å²) in [5.74, 6) is -1.07. The van der Waals surface area contributed by atoms with E-state index in [0.717, 1.165) is 12.0 Å². The van der Waals surface area contributed by atoms with Crippen molar-refractivity contribution >= 4 is 23.5 Å². The number of epoxide rings is 1. The number of nitrogens with one attached hydrogen (secondary N) is 3. The van der Waals surface area contributed by atoms with Crippen LogP contribution in [0, 0.1) is 11.8 Å². The zero-order valence-corrected chi connectivity index (χ0v) is 23.3. The maximum Gasteiger partial charge on any atom is 0.249 e. The summed E-state index contributed by atoms with van der Waals surface area (Å²) in [6.45, 7) is 10.5. The number of Topliss-reactive ketones (excluding diaryl/α,β-unsaturated/α-hetero) is 1. The number of hydrogen-bond acceptors (Lipinski definition) is 6. The van der Waals surface area contributed by atoms with Gasteiger partial charge in [0.2, 0.25) is 17.7 Å². The second-order valence-corrected chi connectivity index (χ2v) is 11.5. The van der Waals surface area contributed by atoms with Gasteiger partial charge in [-0.05, 0) is 50.0 Å². The third-order valence-electron chi connectivity index (χ3n) is 6.92. The van der Waals surface area contributed by atoms with Gasteiger partial charge in [0.25, 0.3) is 0 Å². The van der Waals surface area contributed by atoms with Crippen molar-refractivity contribution < 1.29 is 28.7 Å². The number of ketones is 1. The number of carbonyl (C=O) groups excluding carboxylic acids is 4. The lowest BCUT2D eigenvalue weighted by atomic mass is 9.93. The van der Waals surface area contributed by atoms with Crippen LogP contribution in [0.3, 0.4) is 0 Å². The second-order valence-electron chi connectivity index (χ2n) is 11.5. The zero-order chi connectivity index (χ0) is 27.9. The average Bonchev–Trinajstić information content (AvgIpc) is 3.37. The van der Waals surface area contributed by atoms with Gasteiger partial charge in [-0.25, -0.2) is 0 Å². The van der Waals surface area contributed by atoms with E-state index in [1.807, 2.05) is 58.0 Å². The summed E-state index contributed by atoms with van der Waals surface area (Å²) in [4.78, 5) is 52.9. The summed E-state index contributed by atoms with van der Waals surface area (Å²) in [7, 11) is 0. The third kappa shape index (κ3) is 8.63. The van der Waals surface area contributed by atoms with Crippen molar-refractivity contribution in [1.29, 1.82) is 0 Å². The summed E-state index contributed by atoms with van der Waals surface area (Å²) in [5, 5.41) is 8.60. The molecule has 2 fully saturated rings. The van der Waals surface area contributed by atoms with Crippen LogP contribution in [0.5, 0.6) is 0 Å². The molecule has 210 valence electrons. The van der Waals surface area contributed by atoms with Crippen molar-refractivity contribution in [2.45, 2.75) is 96.6 Å². The van der Waals surface area contributed by atoms with E-state index in [4.69, 9.17) is 9.47 Å². The third-order valence-corrected chi connectivity index (χ3v) is 6.92. The van der Waals surface area contributed by atoms with Crippen LogP contribution in [0.2, 0.25) is 0 Å². The number of hydrogen-bond donors (Lipinski definition) is 3. The molecule has 0 saturated carbocycles. The van der Waals surface area contributed by atoms with E-state index in [2.05, 4.69) is 16.0 Å². The first-order valence-electron chi connectivity index (χ1n) is 13.7. The summed E-state index contributed by atoms with van der Waals surface area (Å²) < 4.78 is 10.8. The van der Waals surface area contributed by atoms with Gasteiger partial charge in [-0.3, -0.25) is 19.2 Å². The monoisotopic (exact) mass is 529 g/mol. The zero-order valence-electron chi connectivity index (χ0n) is 23.3. The first kappa shape index (κ1) is 29.8. The molecule has 0 radical (unpaired) electrons. The minimum absolute atomic E-state index is 0.129. The molecule has 1 aromatic rings. The van der Waals surface area contributed by atoms with E-state index in [0.29, 0.717) is 32.5 Å². The van der Waals surface area contributed by atoms with Gasteiger partial charge in [0, 0.05) is 13.0 Å². The standard InChI is InChI=1S/C29H43N3O6/c1-18(2)14-21(25(33)29(5)17-38-29)30-27(35)23(16-20-10-7-6-8-11-20)31-26(34)22(15-19(3)4)32-28(36)24-12-9-13-37-24/h6-8,10-11,18-19,21-24H,9,12-17H2,1-5H3,(H,30,35)(H,31,34)(H,32,36)/t21-,22-,23-,24+,29+/m0/s1. The molecular weight excluding hydrogens is 486 g/mol. The number of benzene rings is 1. The maximum atomic E-state index is 13.6. The molecule has 9 heteroatoms. The summed E-state index contributed by atoms with van der Waals surface area (Å²) in [6.07, 6.45) is 1.97. The van der Waals surface area contributed by atoms with E-state index < -0.39 is 41.6 Å². The van der Waals surface area contributed by atoms with Crippen LogP contribution in [0.25, 0.3) is 0 Å². The molecule has 1 aromatic carbocycles. The molecule has 0 spiro atoms. The largest absolute Gasteiger partial charge is 0.368 e. The molecule has 38 heavy (non-hydrogen) atoms. The van der Waals surface area contributed by atoms with Gasteiger partial charge in [-0.1, -0.05) is 58.0 Å². The van der Waals surface area contributed by atoms with E-state index >= 15 is 0 Å². The van der Waals surface area contributed by atoms with Crippen molar-refractivity contribution in [2.75, 3.05) is 13.2 Å². The van der Waals surface area contributed by atoms with Crippen LogP contribution >= 0.6 is 0 Å². The van der Waals surface area contributed by atoms with Crippen LogP contribution in [0.1, 0.15) is 65.9 Å². The highest BCUT2D eigenvalue weighted by Gasteiger charge is 2.50. The highest BCUT2D eigenvalue weighted by molar-refractivity contribution is 5.98. The summed E-state index contributed by atoms with van der Waals surface area (Å²) in [6, 6.07) is 6.90. The Morgan fingerprint density at radius 3 is 2.03 bits per heavy atom. The van der Waals surface area contributed by atoms with Gasteiger partial charge in [0.05, 0.1) is 12.6 Å². The Hall–Kier alpha value is -2.78. The van der Waals surface area contributed by atoms with Crippen molar-refractivity contribution in [3.63, 3.8) is 0 Å². The molecule has 3 rings (SSSR count). The molecule has 5 atom stereocenters. The average molecular weight is 530 g/mol. The topological polar surface area (TPSA) is 126 Å². The molecule has 3 amide bonds. The molecule has 0 aliphatic carbocycles. The first-order valence-corrected chi connectivity index (χ1v) is 13.7. The number of ether oxygens (including phenoxy) is 2. The van der Waals surface area contributed by atoms with Gasteiger partial charge >= 0.3 is 0 Å². The van der Waals surface area contributed by atoms with Gasteiger partial charge in [-0.15, -0.1) is 0 Å². The highest BCUT2D eigenvalue weighted by atomic mass is 16.6. The summed E-state index contributed by atoms with van der Waals surface area (Å²) in [5.41, 5.74) is -0.0130. The Morgan fingerprint density at radius 1 is 0.895 bits per heavy atom. The van der Waals surface area contributed by atoms with Gasteiger partial charge < -0.3 is 25.4 Å². The SMILES string of the molecule is CC(C)C[C@H](NC(=O)[C@H]1CCCO1)C(=O)N[C@@H](Cc1ccccc1)C(=O)N[C@@H](CC(C)C)C(=O)[C@@]1(C)CO1. The smallest absolute Gasteiger partial charge is 0.249 e. The first-order chi connectivity index (χ1) is 18.0. The fourth-order valence-electron chi connectivity index (χ4n) is 4.68. The highest BCUT2D eigenvalue weighted by Crippen LogP contribution is 2.29. The maximum absolute atomic E-state index is 13.6. The van der Waals surface area contributed by atoms with Crippen molar-refractivity contribution in [3.05, 3.63) is 35.9 Å². The molecule has 2 aliphatic heterocycles. The fraction of sp³-hybridized carbons (Fsp3) is 0.655. The Balaban J connectivity index is 1.77. The molecule has 2 aliphatic rings. The van der Waals surface area contributed by atoms with Crippen molar-refractivity contribution in [3.8, 4) is 0 Å². The van der Waals surface area contributed by atoms with Crippen LogP contribution in [0.4, 0.5) is 0 Å². The van der Waals surface area contributed by atoms with Crippen LogP contribution < -0.4 is 16.0 Å². The molecule has 9 nitrogen and oxygen atoms in total. The van der Waals surface area contributed by atoms with Gasteiger partial charge in [0.15, 0.2) is 5.78 Å². The second kappa shape index (κ2) is 13.3. The molecule has 3 N–H and O–H groups in total. The van der Waals surface area contributed by atoms with Crippen LogP contribution in [0.15, 0.2) is 30.3 Å². The van der Waals surface area contributed by atoms with Crippen LogP contribution in [-0.4, -0.2) is 66.5 Å². The molecular formula is C29H43N3O6. The predicted molar refractivity (Wildman–Crippen MR) is 143 cm³/mol. The lowest BCUT2D eigenvalue weighted by Gasteiger charge is -2.27. The lowest BCUT2D eigenvalue weighted by molar-refractivity contribution is -0.136. The summed E-state index contributed by atoms with van der Waals surface area (Å²) >= 11 is 0. The lowest BCUT2D eigenvalue weighted by Crippen LogP contribution is -2.58. The fourth-order valence-corrected chi connectivity index (χ4v) is 4.68.